The van der Waals surface area contributed by atoms with Gasteiger partial charge in [0, 0.05) is 33.4 Å². The average molecular weight is 534 g/mol. The summed E-state index contributed by atoms with van der Waals surface area (Å²) in [7, 11) is 5.32. The molecule has 1 N–H and O–H groups in total. The summed E-state index contributed by atoms with van der Waals surface area (Å²) in [5, 5.41) is 9.75. The Morgan fingerprint density at radius 2 is 1.97 bits per heavy atom. The van der Waals surface area contributed by atoms with Gasteiger partial charge in [0.1, 0.15) is 10.8 Å². The molecule has 0 unspecified atom stereocenters. The minimum absolute atomic E-state index is 0.0386. The van der Waals surface area contributed by atoms with Gasteiger partial charge in [0.2, 0.25) is 0 Å². The van der Waals surface area contributed by atoms with Crippen molar-refractivity contribution in [2.75, 3.05) is 52.4 Å². The molecule has 9 heteroatoms. The fourth-order valence-electron chi connectivity index (χ4n) is 3.11. The molecule has 0 aliphatic heterocycles. The number of carbonyl (C=O) groups is 1. The first kappa shape index (κ1) is 25.2. The summed E-state index contributed by atoms with van der Waals surface area (Å²) in [6, 6.07) is 9.82. The van der Waals surface area contributed by atoms with Crippen molar-refractivity contribution in [2.45, 2.75) is 6.92 Å². The molecule has 0 saturated carbocycles. The van der Waals surface area contributed by atoms with Crippen LogP contribution < -0.4 is 9.64 Å². The zero-order chi connectivity index (χ0) is 24.0. The second-order valence-corrected chi connectivity index (χ2v) is 9.62. The van der Waals surface area contributed by atoms with Crippen molar-refractivity contribution in [1.29, 1.82) is 0 Å². The molecule has 0 atom stereocenters. The summed E-state index contributed by atoms with van der Waals surface area (Å²) in [6.45, 7) is 3.78. The number of aliphatic hydroxyl groups excluding tert-OH is 1. The van der Waals surface area contributed by atoms with E-state index in [1.54, 1.807) is 31.5 Å². The molecule has 0 fully saturated rings. The summed E-state index contributed by atoms with van der Waals surface area (Å²) in [5.74, 6) is 0.472. The van der Waals surface area contributed by atoms with E-state index in [0.717, 1.165) is 38.6 Å². The Balaban J connectivity index is 1.73. The smallest absolute Gasteiger partial charge is 0.409 e. The van der Waals surface area contributed by atoms with Crippen LogP contribution in [0.2, 0.25) is 0 Å². The second-order valence-electron chi connectivity index (χ2n) is 7.70. The first-order valence-corrected chi connectivity index (χ1v) is 12.1. The molecule has 1 amide bonds. The number of aliphatic hydroxyl groups is 1. The number of nitrogens with zero attached hydrogens (tertiary/aromatic N) is 3. The van der Waals surface area contributed by atoms with Crippen molar-refractivity contribution in [3.63, 3.8) is 0 Å². The van der Waals surface area contributed by atoms with E-state index in [9.17, 15) is 4.79 Å². The molecule has 7 nitrogen and oxygen atoms in total. The fraction of sp³-hybridized carbons (Fsp3) is 0.333. The van der Waals surface area contributed by atoms with Gasteiger partial charge in [0.05, 0.1) is 34.5 Å². The van der Waals surface area contributed by atoms with E-state index in [1.807, 2.05) is 31.3 Å². The molecule has 3 aromatic rings. The largest absolute Gasteiger partial charge is 0.414 e. The van der Waals surface area contributed by atoms with Gasteiger partial charge in [-0.05, 0) is 64.3 Å². The van der Waals surface area contributed by atoms with Crippen molar-refractivity contribution < 1.29 is 19.4 Å². The van der Waals surface area contributed by atoms with Gasteiger partial charge >= 0.3 is 6.09 Å². The maximum atomic E-state index is 11.8. The minimum Gasteiger partial charge on any atom is -0.409 e. The van der Waals surface area contributed by atoms with Crippen molar-refractivity contribution in [3.8, 4) is 5.75 Å². The number of rotatable bonds is 9. The molecule has 0 radical (unpaired) electrons. The summed E-state index contributed by atoms with van der Waals surface area (Å²) in [4.78, 5) is 20.0. The van der Waals surface area contributed by atoms with Crippen LogP contribution >= 0.6 is 27.3 Å². The zero-order valence-electron chi connectivity index (χ0n) is 19.2. The number of carbonyl (C=O) groups excluding carboxylic acids is 1. The molecule has 2 aromatic carbocycles. The molecule has 3 rings (SSSR count). The van der Waals surface area contributed by atoms with E-state index in [4.69, 9.17) is 19.6 Å². The maximum Gasteiger partial charge on any atom is 0.414 e. The van der Waals surface area contributed by atoms with Crippen LogP contribution in [0.15, 0.2) is 34.8 Å². The molecule has 0 aliphatic rings. The van der Waals surface area contributed by atoms with Crippen molar-refractivity contribution >= 4 is 61.4 Å². The number of benzene rings is 2. The van der Waals surface area contributed by atoms with E-state index in [-0.39, 0.29) is 6.61 Å². The molecule has 33 heavy (non-hydrogen) atoms. The highest BCUT2D eigenvalue weighted by Crippen LogP contribution is 2.31. The van der Waals surface area contributed by atoms with Crippen LogP contribution in [-0.2, 0) is 4.74 Å². The maximum absolute atomic E-state index is 11.8. The molecular formula is C24H28BrN3O4S. The lowest BCUT2D eigenvalue weighted by Crippen LogP contribution is -2.25. The van der Waals surface area contributed by atoms with E-state index in [0.29, 0.717) is 23.4 Å². The molecule has 0 bridgehead atoms. The SMILES string of the molecule is Cc1cc2nc(C=Cc3ccc(OC(=O)N(C)C)c(Br)c3)sc2cc1N(C)CCOCCO. The van der Waals surface area contributed by atoms with Crippen LogP contribution in [0.3, 0.4) is 0 Å². The van der Waals surface area contributed by atoms with Crippen LogP contribution in [0.5, 0.6) is 5.75 Å². The van der Waals surface area contributed by atoms with Gasteiger partial charge in [-0.2, -0.15) is 0 Å². The van der Waals surface area contributed by atoms with E-state index in [1.165, 1.54) is 4.90 Å². The van der Waals surface area contributed by atoms with Gasteiger partial charge in [-0.15, -0.1) is 11.3 Å². The lowest BCUT2D eigenvalue weighted by Gasteiger charge is -2.21. The number of fused-ring (bicyclic) bond motifs is 1. The first-order valence-electron chi connectivity index (χ1n) is 10.5. The van der Waals surface area contributed by atoms with Crippen LogP contribution in [0.1, 0.15) is 16.1 Å². The standard InChI is InChI=1S/C24H28BrN3O4S/c1-16-13-19-22(15-20(16)28(4)9-11-31-12-10-29)33-23(26-19)8-6-17-5-7-21(18(25)14-17)32-24(30)27(2)3/h5-8,13-15,29H,9-12H2,1-4H3. The molecular weight excluding hydrogens is 506 g/mol. The highest BCUT2D eigenvalue weighted by atomic mass is 79.9. The minimum atomic E-state index is -0.425. The van der Waals surface area contributed by atoms with Gasteiger partial charge in [0.15, 0.2) is 0 Å². The number of thiazole rings is 1. The summed E-state index contributed by atoms with van der Waals surface area (Å²) in [6.07, 6.45) is 3.55. The average Bonchev–Trinajstić information content (AvgIpc) is 3.17. The normalized spacial score (nSPS) is 11.3. The van der Waals surface area contributed by atoms with E-state index >= 15 is 0 Å². The Morgan fingerprint density at radius 1 is 1.18 bits per heavy atom. The number of hydrogen-bond donors (Lipinski definition) is 1. The highest BCUT2D eigenvalue weighted by Gasteiger charge is 2.11. The number of aromatic nitrogens is 1. The Kier molecular flexibility index (Phi) is 8.85. The van der Waals surface area contributed by atoms with Crippen molar-refractivity contribution in [3.05, 3.63) is 50.9 Å². The lowest BCUT2D eigenvalue weighted by molar-refractivity contribution is 0.0971. The highest BCUT2D eigenvalue weighted by molar-refractivity contribution is 9.10. The number of ether oxygens (including phenoxy) is 2. The van der Waals surface area contributed by atoms with Crippen molar-refractivity contribution in [1.82, 2.24) is 9.88 Å². The monoisotopic (exact) mass is 533 g/mol. The van der Waals surface area contributed by atoms with Crippen LogP contribution in [-0.4, -0.2) is 68.6 Å². The number of halogens is 1. The summed E-state index contributed by atoms with van der Waals surface area (Å²) < 4.78 is 12.5. The summed E-state index contributed by atoms with van der Waals surface area (Å²) in [5.41, 5.74) is 4.23. The Labute approximate surface area is 206 Å². The molecule has 0 spiro atoms. The third kappa shape index (κ3) is 6.77. The topological polar surface area (TPSA) is 75.1 Å². The van der Waals surface area contributed by atoms with Gasteiger partial charge in [-0.3, -0.25) is 0 Å². The number of anilines is 1. The van der Waals surface area contributed by atoms with Crippen LogP contribution in [0.25, 0.3) is 22.4 Å². The number of amides is 1. The van der Waals surface area contributed by atoms with Crippen molar-refractivity contribution in [2.24, 2.45) is 0 Å². The van der Waals surface area contributed by atoms with E-state index in [2.05, 4.69) is 39.9 Å². The number of aryl methyl sites for hydroxylation is 1. The third-order valence-electron chi connectivity index (χ3n) is 4.88. The molecule has 0 aliphatic carbocycles. The van der Waals surface area contributed by atoms with Gasteiger partial charge < -0.3 is 24.4 Å². The Morgan fingerprint density at radius 3 is 2.67 bits per heavy atom. The Bertz CT molecular complexity index is 1150. The molecule has 1 heterocycles. The summed E-state index contributed by atoms with van der Waals surface area (Å²) >= 11 is 5.10. The fourth-order valence-corrected chi connectivity index (χ4v) is 4.48. The van der Waals surface area contributed by atoms with Gasteiger partial charge in [-0.25, -0.2) is 9.78 Å². The number of hydrogen-bond acceptors (Lipinski definition) is 7. The quantitative estimate of drug-likeness (QED) is 0.388. The van der Waals surface area contributed by atoms with Crippen LogP contribution in [0.4, 0.5) is 10.5 Å². The first-order chi connectivity index (χ1) is 15.8. The molecule has 1 aromatic heterocycles. The van der Waals surface area contributed by atoms with E-state index < -0.39 is 6.09 Å². The molecule has 0 saturated heterocycles. The third-order valence-corrected chi connectivity index (χ3v) is 6.48. The predicted molar refractivity (Wildman–Crippen MR) is 138 cm³/mol. The number of likely N-dealkylation sites (N-methyl/N-ethyl adjacent to an activating group) is 1. The van der Waals surface area contributed by atoms with Gasteiger partial charge in [-0.1, -0.05) is 12.1 Å². The zero-order valence-corrected chi connectivity index (χ0v) is 21.6. The lowest BCUT2D eigenvalue weighted by atomic mass is 10.1. The van der Waals surface area contributed by atoms with Crippen LogP contribution in [0, 0.1) is 6.92 Å². The Hall–Kier alpha value is -2.46. The predicted octanol–water partition coefficient (Wildman–Crippen LogP) is 5.04. The van der Waals surface area contributed by atoms with Gasteiger partial charge in [0.25, 0.3) is 0 Å². The second kappa shape index (κ2) is 11.6. The molecule has 176 valence electrons.